The number of carboxylic acid groups (broad SMARTS) is 1. The van der Waals surface area contributed by atoms with Crippen molar-refractivity contribution in [1.29, 1.82) is 0 Å². The summed E-state index contributed by atoms with van der Waals surface area (Å²) in [6.45, 7) is 1.79. The molecule has 2 aromatic heterocycles. The highest BCUT2D eigenvalue weighted by molar-refractivity contribution is 7.10. The number of thiophene rings is 1. The van der Waals surface area contributed by atoms with Crippen LogP contribution in [0.3, 0.4) is 0 Å². The fourth-order valence-corrected chi connectivity index (χ4v) is 8.16. The fraction of sp³-hybridized carbons (Fsp3) is 0.500. The number of piperidine rings is 2. The molecule has 9 nitrogen and oxygen atoms in total. The zero-order valence-electron chi connectivity index (χ0n) is 28.5. The van der Waals surface area contributed by atoms with Crippen LogP contribution >= 0.6 is 11.3 Å². The highest BCUT2D eigenvalue weighted by Gasteiger charge is 2.57. The van der Waals surface area contributed by atoms with Crippen LogP contribution < -0.4 is 9.47 Å². The maximum atomic E-state index is 15.2. The summed E-state index contributed by atoms with van der Waals surface area (Å²) in [4.78, 5) is 46.5. The smallest absolute Gasteiger partial charge is 0.425 e. The van der Waals surface area contributed by atoms with E-state index in [0.29, 0.717) is 36.3 Å². The third-order valence-electron chi connectivity index (χ3n) is 9.76. The number of rotatable bonds is 11. The van der Waals surface area contributed by atoms with Crippen molar-refractivity contribution in [2.75, 3.05) is 20.2 Å². The average molecular weight is 756 g/mol. The number of carbonyl (C=O) groups is 3. The Morgan fingerprint density at radius 2 is 1.77 bits per heavy atom. The number of alkyl halides is 6. The molecule has 2 amide bonds. The van der Waals surface area contributed by atoms with Gasteiger partial charge in [0.05, 0.1) is 18.7 Å². The van der Waals surface area contributed by atoms with Gasteiger partial charge in [0.15, 0.2) is 0 Å². The Balaban J connectivity index is 1.60. The summed E-state index contributed by atoms with van der Waals surface area (Å²) < 4.78 is 95.3. The maximum Gasteiger partial charge on any atom is 0.425 e. The van der Waals surface area contributed by atoms with E-state index < -0.39 is 64.0 Å². The number of para-hydroxylation sites is 1. The minimum atomic E-state index is -4.92. The van der Waals surface area contributed by atoms with E-state index >= 15 is 4.79 Å². The van der Waals surface area contributed by atoms with Crippen molar-refractivity contribution in [3.8, 4) is 11.5 Å². The molecular weight excluding hydrogens is 716 g/mol. The van der Waals surface area contributed by atoms with Crippen LogP contribution in [0.5, 0.6) is 11.5 Å². The van der Waals surface area contributed by atoms with Gasteiger partial charge in [0.1, 0.15) is 22.1 Å². The van der Waals surface area contributed by atoms with Crippen LogP contribution in [0.4, 0.5) is 26.3 Å². The number of benzene rings is 1. The number of halogens is 6. The van der Waals surface area contributed by atoms with Gasteiger partial charge in [-0.15, -0.1) is 11.3 Å². The first-order valence-electron chi connectivity index (χ1n) is 16.9. The van der Waals surface area contributed by atoms with Gasteiger partial charge >= 0.3 is 18.3 Å². The van der Waals surface area contributed by atoms with Gasteiger partial charge in [0.2, 0.25) is 5.60 Å². The number of aromatic nitrogens is 1. The Labute approximate surface area is 300 Å². The number of amides is 2. The summed E-state index contributed by atoms with van der Waals surface area (Å²) in [7, 11) is 1.53. The van der Waals surface area contributed by atoms with Crippen molar-refractivity contribution in [2.24, 2.45) is 0 Å². The lowest BCUT2D eigenvalue weighted by molar-refractivity contribution is -0.164. The van der Waals surface area contributed by atoms with Crippen LogP contribution in [0.15, 0.2) is 54.0 Å². The normalized spacial score (nSPS) is 22.6. The predicted molar refractivity (Wildman–Crippen MR) is 178 cm³/mol. The molecule has 4 atom stereocenters. The van der Waals surface area contributed by atoms with Crippen molar-refractivity contribution in [3.63, 3.8) is 0 Å². The monoisotopic (exact) mass is 755 g/mol. The molecule has 0 saturated carbocycles. The van der Waals surface area contributed by atoms with Gasteiger partial charge in [0, 0.05) is 49.6 Å². The molecule has 1 N–H and O–H groups in total. The van der Waals surface area contributed by atoms with Gasteiger partial charge in [0.25, 0.3) is 11.8 Å². The molecule has 4 heterocycles. The summed E-state index contributed by atoms with van der Waals surface area (Å²) in [6, 6.07) is 8.02. The van der Waals surface area contributed by atoms with Crippen molar-refractivity contribution >= 4 is 29.1 Å². The number of carbonyl (C=O) groups excluding carboxylic acids is 2. The van der Waals surface area contributed by atoms with E-state index in [-0.39, 0.29) is 56.9 Å². The van der Waals surface area contributed by atoms with E-state index in [0.717, 1.165) is 40.2 Å². The highest BCUT2D eigenvalue weighted by Crippen LogP contribution is 2.45. The molecule has 2 aliphatic heterocycles. The highest BCUT2D eigenvalue weighted by atomic mass is 32.1. The molecule has 2 aliphatic rings. The topological polar surface area (TPSA) is 109 Å². The van der Waals surface area contributed by atoms with Gasteiger partial charge in [-0.25, -0.2) is 0 Å². The number of hydrogen-bond acceptors (Lipinski definition) is 7. The van der Waals surface area contributed by atoms with Crippen LogP contribution in [-0.4, -0.2) is 75.6 Å². The fourth-order valence-electron chi connectivity index (χ4n) is 7.49. The first-order chi connectivity index (χ1) is 24.6. The van der Waals surface area contributed by atoms with Gasteiger partial charge in [-0.3, -0.25) is 19.4 Å². The summed E-state index contributed by atoms with van der Waals surface area (Å²) >= 11 is 0.360. The first-order valence-corrected chi connectivity index (χ1v) is 17.8. The van der Waals surface area contributed by atoms with Gasteiger partial charge in [-0.05, 0) is 61.8 Å². The summed E-state index contributed by atoms with van der Waals surface area (Å²) in [5.41, 5.74) is -3.29. The van der Waals surface area contributed by atoms with Gasteiger partial charge < -0.3 is 24.4 Å². The number of aliphatic carboxylic acids is 1. The number of likely N-dealkylation sites (tertiary alicyclic amines) is 2. The van der Waals surface area contributed by atoms with E-state index in [4.69, 9.17) is 9.47 Å². The Morgan fingerprint density at radius 3 is 2.42 bits per heavy atom. The lowest BCUT2D eigenvalue weighted by Gasteiger charge is -2.52. The Kier molecular flexibility index (Phi) is 11.8. The van der Waals surface area contributed by atoms with Crippen LogP contribution in [0, 0.1) is 0 Å². The van der Waals surface area contributed by atoms with E-state index in [1.165, 1.54) is 12.0 Å². The van der Waals surface area contributed by atoms with E-state index in [9.17, 15) is 41.0 Å². The summed E-state index contributed by atoms with van der Waals surface area (Å²) in [5, 5.41) is 10.7. The number of pyridine rings is 1. The maximum absolute atomic E-state index is 15.2. The minimum Gasteiger partial charge on any atom is -0.496 e. The van der Waals surface area contributed by atoms with Crippen LogP contribution in [0.2, 0.25) is 0 Å². The number of nitrogens with zero attached hydrogens (tertiary/aromatic N) is 3. The van der Waals surface area contributed by atoms with Crippen LogP contribution in [0.25, 0.3) is 0 Å². The zero-order valence-corrected chi connectivity index (χ0v) is 29.3. The van der Waals surface area contributed by atoms with Crippen molar-refractivity contribution in [1.82, 2.24) is 14.8 Å². The second-order valence-electron chi connectivity index (χ2n) is 13.0. The molecule has 4 unspecified atom stereocenters. The summed E-state index contributed by atoms with van der Waals surface area (Å²) in [5.74, 6) is -2.65. The number of carboxylic acids is 1. The summed E-state index contributed by atoms with van der Waals surface area (Å²) in [6.07, 6.45) is -7.68. The molecule has 0 aliphatic carbocycles. The molecule has 52 heavy (non-hydrogen) atoms. The molecule has 5 rings (SSSR count). The SMILES string of the molecule is CCCC1N(C(=O)c2ncccc2C(F)(F)F)CCCC1(Oc1csc(C(F)(F)F)c1)C(=O)N1CCC(c2ccccc2OC)CC1CCC(=O)O. The van der Waals surface area contributed by atoms with E-state index in [1.54, 1.807) is 13.0 Å². The number of hydrogen-bond donors (Lipinski definition) is 1. The van der Waals surface area contributed by atoms with Gasteiger partial charge in [-0.2, -0.15) is 26.3 Å². The molecule has 2 fully saturated rings. The average Bonchev–Trinajstić information content (AvgIpc) is 3.59. The molecule has 282 valence electrons. The lowest BCUT2D eigenvalue weighted by atomic mass is 9.77. The van der Waals surface area contributed by atoms with Gasteiger partial charge in [-0.1, -0.05) is 31.5 Å². The molecule has 2 saturated heterocycles. The Bertz CT molecular complexity index is 1750. The molecule has 0 spiro atoms. The second-order valence-corrected chi connectivity index (χ2v) is 13.9. The predicted octanol–water partition coefficient (Wildman–Crippen LogP) is 8.05. The number of ether oxygens (including phenoxy) is 2. The quantitative estimate of drug-likeness (QED) is 0.197. The van der Waals surface area contributed by atoms with Crippen molar-refractivity contribution in [3.05, 3.63) is 75.7 Å². The van der Waals surface area contributed by atoms with Crippen molar-refractivity contribution in [2.45, 2.75) is 94.2 Å². The second kappa shape index (κ2) is 15.7. The molecule has 16 heteroatoms. The minimum absolute atomic E-state index is 0.0451. The molecule has 3 aromatic rings. The molecule has 0 bridgehead atoms. The van der Waals surface area contributed by atoms with Crippen LogP contribution in [-0.2, 0) is 21.9 Å². The van der Waals surface area contributed by atoms with Crippen LogP contribution in [0.1, 0.15) is 90.7 Å². The lowest BCUT2D eigenvalue weighted by Crippen LogP contribution is -2.69. The van der Waals surface area contributed by atoms with E-state index in [1.807, 2.05) is 18.2 Å². The van der Waals surface area contributed by atoms with E-state index in [2.05, 4.69) is 4.98 Å². The zero-order chi connectivity index (χ0) is 37.8. The Hall–Kier alpha value is -4.34. The molecule has 0 radical (unpaired) electrons. The molecular formula is C36H39F6N3O6S. The van der Waals surface area contributed by atoms with Crippen molar-refractivity contribution < 1.29 is 55.3 Å². The standard InChI is InChI=1S/C36H39F6N3O6S/c1-3-8-28-34(51-24-20-29(52-21-24)36(40,41)42,15-7-17-45(28)32(48)31-26(35(37,38)39)10-6-16-43-31)33(49)44-18-14-22(19-23(44)12-13-30(46)47)25-9-4-5-11-27(25)50-2/h4-6,9-11,16,20-23,28H,3,7-8,12-15,17-19H2,1-2H3,(H,46,47). The third kappa shape index (κ3) is 8.16. The third-order valence-corrected chi connectivity index (χ3v) is 10.7. The first kappa shape index (κ1) is 38.9. The Morgan fingerprint density at radius 1 is 1.02 bits per heavy atom. The number of methoxy groups -OCH3 is 1. The molecule has 1 aromatic carbocycles. The largest absolute Gasteiger partial charge is 0.496 e.